The van der Waals surface area contributed by atoms with Crippen molar-refractivity contribution in [2.45, 2.75) is 45.6 Å². The number of phenols is 1. The molecule has 9 heteroatoms. The fraction of sp³-hybridized carbons (Fsp3) is 0.387. The van der Waals surface area contributed by atoms with Crippen LogP contribution in [0.2, 0.25) is 0 Å². The number of rotatable bonds is 5. The zero-order valence-corrected chi connectivity index (χ0v) is 24.5. The number of sulfonamides is 1. The van der Waals surface area contributed by atoms with E-state index < -0.39 is 10.0 Å². The van der Waals surface area contributed by atoms with E-state index in [1.807, 2.05) is 12.1 Å². The first kappa shape index (κ1) is 28.0. The number of hydrogen-bond acceptors (Lipinski definition) is 6. The van der Waals surface area contributed by atoms with Gasteiger partial charge in [0.15, 0.2) is 0 Å². The Kier molecular flexibility index (Phi) is 7.31. The molecule has 2 aliphatic rings. The zero-order chi connectivity index (χ0) is 28.8. The summed E-state index contributed by atoms with van der Waals surface area (Å²) in [7, 11) is -3.59. The number of phenolic OH excluding ortho intramolecular Hbond substituents is 1. The van der Waals surface area contributed by atoms with Gasteiger partial charge >= 0.3 is 0 Å². The zero-order valence-electron chi connectivity index (χ0n) is 23.7. The molecule has 1 unspecified atom stereocenters. The molecular formula is C31H37N3O5S. The molecule has 5 rings (SSSR count). The average Bonchev–Trinajstić information content (AvgIpc) is 2.88. The van der Waals surface area contributed by atoms with Crippen molar-refractivity contribution in [2.75, 3.05) is 47.0 Å². The van der Waals surface area contributed by atoms with Gasteiger partial charge < -0.3 is 19.6 Å². The lowest BCUT2D eigenvalue weighted by atomic mass is 9.84. The van der Waals surface area contributed by atoms with Gasteiger partial charge in [-0.1, -0.05) is 45.0 Å². The van der Waals surface area contributed by atoms with Crippen LogP contribution in [0.25, 0.3) is 11.1 Å². The van der Waals surface area contributed by atoms with Crippen LogP contribution >= 0.6 is 0 Å². The molecule has 2 N–H and O–H groups in total. The molecule has 0 radical (unpaired) electrons. The summed E-state index contributed by atoms with van der Waals surface area (Å²) >= 11 is 0. The van der Waals surface area contributed by atoms with Crippen LogP contribution in [0, 0.1) is 0 Å². The van der Waals surface area contributed by atoms with Crippen LogP contribution in [0.1, 0.15) is 49.2 Å². The van der Waals surface area contributed by atoms with E-state index >= 15 is 0 Å². The summed E-state index contributed by atoms with van der Waals surface area (Å²) in [5, 5.41) is 10.1. The van der Waals surface area contributed by atoms with E-state index in [9.17, 15) is 18.3 Å². The van der Waals surface area contributed by atoms with E-state index in [2.05, 4.69) is 61.6 Å². The van der Waals surface area contributed by atoms with Crippen LogP contribution in [0.3, 0.4) is 0 Å². The predicted octanol–water partition coefficient (Wildman–Crippen LogP) is 5.16. The second-order valence-corrected chi connectivity index (χ2v) is 13.5. The molecule has 2 heterocycles. The van der Waals surface area contributed by atoms with Gasteiger partial charge in [-0.3, -0.25) is 9.52 Å². The fourth-order valence-electron chi connectivity index (χ4n) is 5.42. The Hall–Kier alpha value is -3.56. The molecule has 0 bridgehead atoms. The minimum atomic E-state index is -3.59. The number of carbonyl (C=O) groups excluding carboxylic acids is 1. The van der Waals surface area contributed by atoms with Crippen molar-refractivity contribution < 1.29 is 23.1 Å². The topological polar surface area (TPSA) is 99.2 Å². The average molecular weight is 564 g/mol. The number of anilines is 3. The van der Waals surface area contributed by atoms with Crippen LogP contribution in [-0.2, 0) is 26.6 Å². The monoisotopic (exact) mass is 563 g/mol. The molecule has 3 aromatic carbocycles. The molecule has 3 aromatic rings. The van der Waals surface area contributed by atoms with E-state index in [-0.39, 0.29) is 28.9 Å². The van der Waals surface area contributed by atoms with Crippen molar-refractivity contribution in [1.82, 2.24) is 0 Å². The molecule has 212 valence electrons. The Morgan fingerprint density at radius 3 is 2.45 bits per heavy atom. The van der Waals surface area contributed by atoms with Crippen LogP contribution in [0.4, 0.5) is 17.1 Å². The first-order chi connectivity index (χ1) is 18.8. The highest BCUT2D eigenvalue weighted by molar-refractivity contribution is 7.92. The SMILES string of the molecule is CC1CN(c2cc(C(C)(C)C)ccc2-c2ccc3c(c2)CCN(c2ccc(O)c(NS(C)(=O)=O)c2)C3=O)CCO1. The molecule has 0 aromatic heterocycles. The lowest BCUT2D eigenvalue weighted by Crippen LogP contribution is -2.41. The number of aromatic hydroxyl groups is 1. The molecule has 1 amide bonds. The highest BCUT2D eigenvalue weighted by atomic mass is 32.2. The second-order valence-electron chi connectivity index (χ2n) is 11.8. The molecule has 1 fully saturated rings. The quantitative estimate of drug-likeness (QED) is 0.417. The van der Waals surface area contributed by atoms with Crippen LogP contribution in [-0.4, -0.2) is 58.0 Å². The molecule has 40 heavy (non-hydrogen) atoms. The lowest BCUT2D eigenvalue weighted by molar-refractivity contribution is 0.0532. The largest absolute Gasteiger partial charge is 0.506 e. The van der Waals surface area contributed by atoms with Gasteiger partial charge in [-0.2, -0.15) is 0 Å². The Morgan fingerprint density at radius 2 is 1.75 bits per heavy atom. The maximum Gasteiger partial charge on any atom is 0.258 e. The molecule has 0 saturated carbocycles. The molecule has 1 atom stereocenters. The third-order valence-electron chi connectivity index (χ3n) is 7.53. The molecule has 0 aliphatic carbocycles. The summed E-state index contributed by atoms with van der Waals surface area (Å²) in [4.78, 5) is 17.6. The Bertz CT molecular complexity index is 1560. The summed E-state index contributed by atoms with van der Waals surface area (Å²) in [6.45, 7) is 11.5. The van der Waals surface area contributed by atoms with Crippen LogP contribution in [0.5, 0.6) is 5.75 Å². The normalized spacial score (nSPS) is 18.0. The summed E-state index contributed by atoms with van der Waals surface area (Å²) < 4.78 is 31.5. The van der Waals surface area contributed by atoms with Gasteiger partial charge in [-0.05, 0) is 65.8 Å². The minimum absolute atomic E-state index is 0.0157. The number of hydrogen-bond donors (Lipinski definition) is 2. The van der Waals surface area contributed by atoms with E-state index in [0.29, 0.717) is 30.8 Å². The number of carbonyl (C=O) groups is 1. The molecule has 2 aliphatic heterocycles. The highest BCUT2D eigenvalue weighted by Gasteiger charge is 2.28. The third kappa shape index (κ3) is 5.81. The van der Waals surface area contributed by atoms with Gasteiger partial charge in [0.2, 0.25) is 10.0 Å². The van der Waals surface area contributed by atoms with Gasteiger partial charge in [0.1, 0.15) is 5.75 Å². The Balaban J connectivity index is 1.48. The van der Waals surface area contributed by atoms with Crippen molar-refractivity contribution in [3.05, 3.63) is 71.3 Å². The standard InChI is InChI=1S/C31H37N3O5S/c1-20-19-33(14-15-39-20)28-17-23(31(2,3)4)7-10-25(28)21-6-9-26-22(16-21)12-13-34(30(26)36)24-8-11-29(35)27(18-24)32-40(5,37)38/h6-11,16-18,20,32,35H,12-15,19H2,1-5H3. The molecule has 0 spiro atoms. The number of morpholine rings is 1. The molecule has 8 nitrogen and oxygen atoms in total. The summed E-state index contributed by atoms with van der Waals surface area (Å²) in [6, 6.07) is 17.2. The number of nitrogens with zero attached hydrogens (tertiary/aromatic N) is 2. The van der Waals surface area contributed by atoms with Crippen molar-refractivity contribution in [2.24, 2.45) is 0 Å². The smallest absolute Gasteiger partial charge is 0.258 e. The van der Waals surface area contributed by atoms with E-state index in [0.717, 1.165) is 36.0 Å². The highest BCUT2D eigenvalue weighted by Crippen LogP contribution is 2.38. The number of nitrogens with one attached hydrogen (secondary N) is 1. The third-order valence-corrected chi connectivity index (χ3v) is 8.12. The first-order valence-corrected chi connectivity index (χ1v) is 15.5. The Labute approximate surface area is 236 Å². The first-order valence-electron chi connectivity index (χ1n) is 13.6. The Morgan fingerprint density at radius 1 is 1.00 bits per heavy atom. The van der Waals surface area contributed by atoms with Crippen LogP contribution in [0.15, 0.2) is 54.6 Å². The molecular weight excluding hydrogens is 526 g/mol. The minimum Gasteiger partial charge on any atom is -0.506 e. The molecule has 1 saturated heterocycles. The summed E-state index contributed by atoms with van der Waals surface area (Å²) in [5.41, 5.74) is 6.83. The number of benzene rings is 3. The lowest BCUT2D eigenvalue weighted by Gasteiger charge is -2.35. The van der Waals surface area contributed by atoms with E-state index in [1.165, 1.54) is 23.4 Å². The van der Waals surface area contributed by atoms with Crippen molar-refractivity contribution in [3.63, 3.8) is 0 Å². The summed E-state index contributed by atoms with van der Waals surface area (Å²) in [5.74, 6) is -0.360. The number of fused-ring (bicyclic) bond motifs is 1. The van der Waals surface area contributed by atoms with E-state index in [4.69, 9.17) is 4.74 Å². The van der Waals surface area contributed by atoms with Crippen LogP contribution < -0.4 is 14.5 Å². The maximum atomic E-state index is 13.6. The van der Waals surface area contributed by atoms with Gasteiger partial charge in [-0.15, -0.1) is 0 Å². The van der Waals surface area contributed by atoms with Crippen molar-refractivity contribution >= 4 is 33.0 Å². The second kappa shape index (κ2) is 10.4. The van der Waals surface area contributed by atoms with Crippen molar-refractivity contribution in [3.8, 4) is 16.9 Å². The maximum absolute atomic E-state index is 13.6. The number of amides is 1. The van der Waals surface area contributed by atoms with Gasteiger partial charge in [0, 0.05) is 42.1 Å². The van der Waals surface area contributed by atoms with Gasteiger partial charge in [0.25, 0.3) is 5.91 Å². The van der Waals surface area contributed by atoms with Gasteiger partial charge in [0.05, 0.1) is 24.7 Å². The van der Waals surface area contributed by atoms with E-state index in [1.54, 1.807) is 11.0 Å². The summed E-state index contributed by atoms with van der Waals surface area (Å²) in [6.07, 6.45) is 1.81. The van der Waals surface area contributed by atoms with Gasteiger partial charge in [-0.25, -0.2) is 8.42 Å². The van der Waals surface area contributed by atoms with Crippen molar-refractivity contribution in [1.29, 1.82) is 0 Å². The fourth-order valence-corrected chi connectivity index (χ4v) is 5.98. The number of ether oxygens (including phenoxy) is 1. The predicted molar refractivity (Wildman–Crippen MR) is 160 cm³/mol.